The molecule has 0 rings (SSSR count). The number of rotatable bonds is 9. The average molecular weight is 289 g/mol. The molecule has 3 amide bonds. The van der Waals surface area contributed by atoms with Crippen LogP contribution in [-0.4, -0.2) is 60.3 Å². The van der Waals surface area contributed by atoms with Crippen LogP contribution in [-0.2, 0) is 14.3 Å². The molecule has 4 N–H and O–H groups in total. The standard InChI is InChI=1S/C12H23N3O5/c1-8(2)15(6-7-20-3)12(19)14-9(11(17)18)4-5-10(13)16/h8-9H,4-7H2,1-3H3,(H2,13,16)(H,14,19)(H,17,18)/t9-/m0/s1. The van der Waals surface area contributed by atoms with Gasteiger partial charge in [-0.2, -0.15) is 0 Å². The van der Waals surface area contributed by atoms with E-state index in [1.54, 1.807) is 0 Å². The summed E-state index contributed by atoms with van der Waals surface area (Å²) >= 11 is 0. The van der Waals surface area contributed by atoms with Crippen LogP contribution in [0.2, 0.25) is 0 Å². The first-order valence-electron chi connectivity index (χ1n) is 6.36. The Bertz CT molecular complexity index is 346. The van der Waals surface area contributed by atoms with Crippen molar-refractivity contribution in [1.29, 1.82) is 0 Å². The van der Waals surface area contributed by atoms with E-state index >= 15 is 0 Å². The highest BCUT2D eigenvalue weighted by Gasteiger charge is 2.24. The van der Waals surface area contributed by atoms with Crippen LogP contribution in [0.5, 0.6) is 0 Å². The van der Waals surface area contributed by atoms with E-state index in [1.165, 1.54) is 12.0 Å². The summed E-state index contributed by atoms with van der Waals surface area (Å²) in [5.74, 6) is -1.80. The Balaban J connectivity index is 4.61. The van der Waals surface area contributed by atoms with E-state index < -0.39 is 23.9 Å². The summed E-state index contributed by atoms with van der Waals surface area (Å²) in [7, 11) is 1.52. The third-order valence-electron chi connectivity index (χ3n) is 2.70. The summed E-state index contributed by atoms with van der Waals surface area (Å²) in [6, 6.07) is -1.75. The molecular formula is C12H23N3O5. The molecule has 0 aliphatic rings. The van der Waals surface area contributed by atoms with Gasteiger partial charge in [-0.25, -0.2) is 9.59 Å². The Labute approximate surface area is 118 Å². The van der Waals surface area contributed by atoms with Crippen molar-refractivity contribution >= 4 is 17.9 Å². The van der Waals surface area contributed by atoms with Gasteiger partial charge < -0.3 is 25.8 Å². The first-order chi connectivity index (χ1) is 9.29. The maximum atomic E-state index is 12.0. The lowest BCUT2D eigenvalue weighted by Gasteiger charge is -2.28. The second-order valence-electron chi connectivity index (χ2n) is 4.63. The summed E-state index contributed by atoms with van der Waals surface area (Å²) in [5, 5.41) is 11.4. The Morgan fingerprint density at radius 2 is 1.95 bits per heavy atom. The first kappa shape index (κ1) is 18.2. The molecule has 8 nitrogen and oxygen atoms in total. The van der Waals surface area contributed by atoms with Crippen molar-refractivity contribution in [2.45, 2.75) is 38.8 Å². The molecule has 0 unspecified atom stereocenters. The minimum atomic E-state index is -1.20. The predicted molar refractivity (Wildman–Crippen MR) is 72.1 cm³/mol. The zero-order valence-corrected chi connectivity index (χ0v) is 12.1. The second-order valence-corrected chi connectivity index (χ2v) is 4.63. The van der Waals surface area contributed by atoms with Gasteiger partial charge in [-0.3, -0.25) is 4.79 Å². The lowest BCUT2D eigenvalue weighted by Crippen LogP contribution is -2.51. The fraction of sp³-hybridized carbons (Fsp3) is 0.750. The summed E-state index contributed by atoms with van der Waals surface area (Å²) in [5.41, 5.74) is 4.97. The van der Waals surface area contributed by atoms with Gasteiger partial charge in [0.1, 0.15) is 6.04 Å². The van der Waals surface area contributed by atoms with Crippen LogP contribution in [0.1, 0.15) is 26.7 Å². The summed E-state index contributed by atoms with van der Waals surface area (Å²) in [6.45, 7) is 4.33. The number of amides is 3. The van der Waals surface area contributed by atoms with Gasteiger partial charge in [0.05, 0.1) is 6.61 Å². The van der Waals surface area contributed by atoms with Crippen LogP contribution in [0.15, 0.2) is 0 Å². The van der Waals surface area contributed by atoms with Crippen molar-refractivity contribution in [3.05, 3.63) is 0 Å². The average Bonchev–Trinajstić information content (AvgIpc) is 2.33. The third-order valence-corrected chi connectivity index (χ3v) is 2.70. The normalized spacial score (nSPS) is 12.0. The zero-order valence-electron chi connectivity index (χ0n) is 12.1. The molecule has 20 heavy (non-hydrogen) atoms. The number of carboxylic acids is 1. The van der Waals surface area contributed by atoms with Crippen molar-refractivity contribution in [1.82, 2.24) is 10.2 Å². The SMILES string of the molecule is COCCN(C(=O)N[C@@H](CCC(N)=O)C(=O)O)C(C)C. The fourth-order valence-corrected chi connectivity index (χ4v) is 1.56. The minimum absolute atomic E-state index is 0.0351. The molecule has 1 atom stereocenters. The molecule has 0 aliphatic heterocycles. The lowest BCUT2D eigenvalue weighted by molar-refractivity contribution is -0.139. The molecule has 0 aromatic rings. The Morgan fingerprint density at radius 1 is 1.35 bits per heavy atom. The van der Waals surface area contributed by atoms with E-state index in [9.17, 15) is 14.4 Å². The number of hydrogen-bond acceptors (Lipinski definition) is 4. The summed E-state index contributed by atoms with van der Waals surface area (Å²) in [6.07, 6.45) is -0.135. The van der Waals surface area contributed by atoms with E-state index in [0.717, 1.165) is 0 Å². The first-order valence-corrected chi connectivity index (χ1v) is 6.36. The highest BCUT2D eigenvalue weighted by Crippen LogP contribution is 2.03. The number of urea groups is 1. The van der Waals surface area contributed by atoms with Gasteiger partial charge in [-0.15, -0.1) is 0 Å². The maximum absolute atomic E-state index is 12.0. The van der Waals surface area contributed by atoms with Crippen molar-refractivity contribution in [2.24, 2.45) is 5.73 Å². The molecule has 0 spiro atoms. The number of nitrogens with zero attached hydrogens (tertiary/aromatic N) is 1. The van der Waals surface area contributed by atoms with Gasteiger partial charge in [-0.1, -0.05) is 0 Å². The molecule has 0 bridgehead atoms. The number of ether oxygens (including phenoxy) is 1. The van der Waals surface area contributed by atoms with Gasteiger partial charge in [0.2, 0.25) is 5.91 Å². The van der Waals surface area contributed by atoms with E-state index in [2.05, 4.69) is 5.32 Å². The topological polar surface area (TPSA) is 122 Å². The van der Waals surface area contributed by atoms with Crippen molar-refractivity contribution < 1.29 is 24.2 Å². The van der Waals surface area contributed by atoms with Crippen molar-refractivity contribution in [3.63, 3.8) is 0 Å². The molecule has 0 saturated heterocycles. The van der Waals surface area contributed by atoms with E-state index in [1.807, 2.05) is 13.8 Å². The maximum Gasteiger partial charge on any atom is 0.326 e. The predicted octanol–water partition coefficient (Wildman–Crippen LogP) is -0.228. The zero-order chi connectivity index (χ0) is 15.7. The van der Waals surface area contributed by atoms with Crippen LogP contribution in [0.4, 0.5) is 4.79 Å². The number of carboxylic acid groups (broad SMARTS) is 1. The second kappa shape index (κ2) is 9.13. The molecule has 0 heterocycles. The van der Waals surface area contributed by atoms with Crippen LogP contribution < -0.4 is 11.1 Å². The van der Waals surface area contributed by atoms with Crippen LogP contribution in [0.3, 0.4) is 0 Å². The van der Waals surface area contributed by atoms with Crippen molar-refractivity contribution in [2.75, 3.05) is 20.3 Å². The highest BCUT2D eigenvalue weighted by atomic mass is 16.5. The van der Waals surface area contributed by atoms with Gasteiger partial charge in [0.15, 0.2) is 0 Å². The summed E-state index contributed by atoms with van der Waals surface area (Å²) in [4.78, 5) is 35.2. The summed E-state index contributed by atoms with van der Waals surface area (Å²) < 4.78 is 4.90. The van der Waals surface area contributed by atoms with Gasteiger partial charge in [0.25, 0.3) is 0 Å². The lowest BCUT2D eigenvalue weighted by atomic mass is 10.1. The monoisotopic (exact) mass is 289 g/mol. The number of primary amides is 1. The fourth-order valence-electron chi connectivity index (χ4n) is 1.56. The molecule has 0 aliphatic carbocycles. The van der Waals surface area contributed by atoms with Gasteiger partial charge >= 0.3 is 12.0 Å². The molecular weight excluding hydrogens is 266 g/mol. The number of carbonyl (C=O) groups is 3. The largest absolute Gasteiger partial charge is 0.480 e. The van der Waals surface area contributed by atoms with Gasteiger partial charge in [0, 0.05) is 26.1 Å². The molecule has 0 aromatic heterocycles. The third kappa shape index (κ3) is 6.93. The minimum Gasteiger partial charge on any atom is -0.480 e. The van der Waals surface area contributed by atoms with E-state index in [0.29, 0.717) is 13.2 Å². The molecule has 116 valence electrons. The van der Waals surface area contributed by atoms with E-state index in [4.69, 9.17) is 15.6 Å². The van der Waals surface area contributed by atoms with Crippen molar-refractivity contribution in [3.8, 4) is 0 Å². The van der Waals surface area contributed by atoms with Crippen LogP contribution in [0.25, 0.3) is 0 Å². The molecule has 8 heteroatoms. The Morgan fingerprint density at radius 3 is 2.35 bits per heavy atom. The Kier molecular flexibility index (Phi) is 8.30. The number of carbonyl (C=O) groups excluding carboxylic acids is 2. The van der Waals surface area contributed by atoms with Crippen LogP contribution in [0, 0.1) is 0 Å². The molecule has 0 radical (unpaired) electrons. The van der Waals surface area contributed by atoms with Crippen LogP contribution >= 0.6 is 0 Å². The Hall–Kier alpha value is -1.83. The number of hydrogen-bond donors (Lipinski definition) is 3. The number of nitrogens with two attached hydrogens (primary N) is 1. The smallest absolute Gasteiger partial charge is 0.326 e. The van der Waals surface area contributed by atoms with Gasteiger partial charge in [-0.05, 0) is 20.3 Å². The van der Waals surface area contributed by atoms with E-state index in [-0.39, 0.29) is 18.9 Å². The quantitative estimate of drug-likeness (QED) is 0.541. The number of aliphatic carboxylic acids is 1. The molecule has 0 saturated carbocycles. The number of methoxy groups -OCH3 is 1. The number of nitrogens with one attached hydrogen (secondary N) is 1. The molecule has 0 fully saturated rings. The highest BCUT2D eigenvalue weighted by molar-refractivity contribution is 5.83. The molecule has 0 aromatic carbocycles.